The summed E-state index contributed by atoms with van der Waals surface area (Å²) in [7, 11) is 0. The van der Waals surface area contributed by atoms with Crippen LogP contribution in [-0.2, 0) is 0 Å². The summed E-state index contributed by atoms with van der Waals surface area (Å²) in [5, 5.41) is 0. The lowest BCUT2D eigenvalue weighted by atomic mass is 10.0. The minimum absolute atomic E-state index is 1.17. The minimum atomic E-state index is 1.17. The predicted octanol–water partition coefficient (Wildman–Crippen LogP) is 13.2. The normalized spacial score (nSPS) is 12.7. The maximum absolute atomic E-state index is 2.43. The Labute approximate surface area is 228 Å². The van der Waals surface area contributed by atoms with Crippen LogP contribution in [0.15, 0.2) is 69.9 Å². The van der Waals surface area contributed by atoms with Crippen LogP contribution in [0.1, 0.15) is 159 Å². The van der Waals surface area contributed by atoms with Crippen molar-refractivity contribution in [3.05, 3.63) is 69.9 Å². The van der Waals surface area contributed by atoms with E-state index >= 15 is 0 Å². The lowest BCUT2D eigenvalue weighted by molar-refractivity contribution is 0.702. The van der Waals surface area contributed by atoms with Gasteiger partial charge < -0.3 is 0 Å². The Bertz CT molecular complexity index is 632. The van der Waals surface area contributed by atoms with Crippen molar-refractivity contribution in [3.63, 3.8) is 0 Å². The van der Waals surface area contributed by atoms with Gasteiger partial charge in [0.1, 0.15) is 0 Å². The summed E-state index contributed by atoms with van der Waals surface area (Å²) in [6, 6.07) is 0. The lowest BCUT2D eigenvalue weighted by Gasteiger charge is -2.02. The first-order chi connectivity index (χ1) is 17.1. The maximum Gasteiger partial charge on any atom is -0.0288 e. The molecule has 0 nitrogen and oxygen atoms in total. The molecule has 208 valence electrons. The second kappa shape index (κ2) is 26.5. The molecule has 0 radical (unpaired) electrons. The molecule has 0 fully saturated rings. The van der Waals surface area contributed by atoms with Gasteiger partial charge in [0.25, 0.3) is 0 Å². The molecule has 0 heteroatoms. The van der Waals surface area contributed by atoms with Gasteiger partial charge in [0.15, 0.2) is 0 Å². The number of hydrogen-bond acceptors (Lipinski definition) is 0. The van der Waals surface area contributed by atoms with E-state index in [9.17, 15) is 0 Å². The monoisotopic (exact) mass is 497 g/mol. The maximum atomic E-state index is 2.43. The highest BCUT2D eigenvalue weighted by Gasteiger charge is 1.94. The molecule has 0 spiro atoms. The van der Waals surface area contributed by atoms with Crippen LogP contribution in [0, 0.1) is 0 Å². The second-order valence-electron chi connectivity index (χ2n) is 11.2. The zero-order chi connectivity index (χ0) is 27.6. The summed E-state index contributed by atoms with van der Waals surface area (Å²) < 4.78 is 0. The Hall–Kier alpha value is -1.56. The molecule has 0 N–H and O–H groups in total. The SMILES string of the molecule is CC(C)=CCCC(C)=CCCC(C)=CCCC=C(C)CCC=C(C)CCC=C(C)C.CCCCCC. The van der Waals surface area contributed by atoms with Gasteiger partial charge in [-0.15, -0.1) is 0 Å². The molecule has 0 rings (SSSR count). The van der Waals surface area contributed by atoms with Gasteiger partial charge in [0.05, 0.1) is 0 Å². The third-order valence-electron chi connectivity index (χ3n) is 6.35. The molecule has 0 saturated carbocycles. The van der Waals surface area contributed by atoms with Crippen LogP contribution in [0.4, 0.5) is 0 Å². The summed E-state index contributed by atoms with van der Waals surface area (Å²) in [5.41, 5.74) is 8.97. The zero-order valence-corrected chi connectivity index (χ0v) is 26.4. The van der Waals surface area contributed by atoms with Crippen molar-refractivity contribution in [1.82, 2.24) is 0 Å². The number of allylic oxidation sites excluding steroid dienone is 12. The van der Waals surface area contributed by atoms with Gasteiger partial charge in [-0.3, -0.25) is 0 Å². The first-order valence-corrected chi connectivity index (χ1v) is 15.0. The highest BCUT2D eigenvalue weighted by Crippen LogP contribution is 2.14. The summed E-state index contributed by atoms with van der Waals surface area (Å²) >= 11 is 0. The van der Waals surface area contributed by atoms with Crippen LogP contribution in [0.2, 0.25) is 0 Å². The van der Waals surface area contributed by atoms with Crippen LogP contribution in [0.5, 0.6) is 0 Å². The second-order valence-corrected chi connectivity index (χ2v) is 11.2. The molecule has 0 aromatic carbocycles. The summed E-state index contributed by atoms with van der Waals surface area (Å²) in [6.07, 6.45) is 31.8. The van der Waals surface area contributed by atoms with E-state index in [1.165, 1.54) is 123 Å². The summed E-state index contributed by atoms with van der Waals surface area (Å²) in [4.78, 5) is 0. The van der Waals surface area contributed by atoms with E-state index in [1.807, 2.05) is 0 Å². The number of rotatable bonds is 18. The highest BCUT2D eigenvalue weighted by atomic mass is 14.0. The smallest absolute Gasteiger partial charge is 0.0288 e. The van der Waals surface area contributed by atoms with Gasteiger partial charge in [-0.2, -0.15) is 0 Å². The predicted molar refractivity (Wildman–Crippen MR) is 170 cm³/mol. The molecule has 0 aliphatic rings. The van der Waals surface area contributed by atoms with Gasteiger partial charge >= 0.3 is 0 Å². The third-order valence-corrected chi connectivity index (χ3v) is 6.35. The van der Waals surface area contributed by atoms with Crippen LogP contribution in [0.25, 0.3) is 0 Å². The summed E-state index contributed by atoms with van der Waals surface area (Å²) in [6.45, 7) is 22.3. The van der Waals surface area contributed by atoms with Gasteiger partial charge in [0, 0.05) is 0 Å². The number of hydrogen-bond donors (Lipinski definition) is 0. The molecule has 0 saturated heterocycles. The Kier molecular flexibility index (Phi) is 26.9. The average molecular weight is 497 g/mol. The Morgan fingerprint density at radius 3 is 0.861 bits per heavy atom. The van der Waals surface area contributed by atoms with E-state index in [1.54, 1.807) is 0 Å². The van der Waals surface area contributed by atoms with Crippen LogP contribution >= 0.6 is 0 Å². The standard InChI is InChI=1S/C30H50.C6H14/c1-25(2)15-11-19-29(7)23-13-21-27(5)17-9-10-18-28(6)22-14-24-30(8)20-12-16-26(3)4;1-3-5-6-4-2/h15-18,23-24H,9-14,19-22H2,1-8H3;3-6H2,1-2H3. The van der Waals surface area contributed by atoms with Crippen molar-refractivity contribution in [2.45, 2.75) is 159 Å². The van der Waals surface area contributed by atoms with E-state index in [-0.39, 0.29) is 0 Å². The Morgan fingerprint density at radius 1 is 0.361 bits per heavy atom. The molecular formula is C36H64. The Morgan fingerprint density at radius 2 is 0.611 bits per heavy atom. The molecule has 0 heterocycles. The molecule has 0 unspecified atom stereocenters. The van der Waals surface area contributed by atoms with Gasteiger partial charge in [-0.05, 0) is 120 Å². The first-order valence-electron chi connectivity index (χ1n) is 15.0. The third kappa shape index (κ3) is 30.5. The topological polar surface area (TPSA) is 0 Å². The molecule has 36 heavy (non-hydrogen) atoms. The van der Waals surface area contributed by atoms with E-state index in [0.717, 1.165) is 0 Å². The fourth-order valence-electron chi connectivity index (χ4n) is 3.84. The van der Waals surface area contributed by atoms with Crippen molar-refractivity contribution in [2.24, 2.45) is 0 Å². The number of unbranched alkanes of at least 4 members (excludes halogenated alkanes) is 4. The lowest BCUT2D eigenvalue weighted by Crippen LogP contribution is -1.82. The van der Waals surface area contributed by atoms with Crippen molar-refractivity contribution >= 4 is 0 Å². The first kappa shape index (κ1) is 36.6. The molecule has 0 atom stereocenters. The molecular weight excluding hydrogens is 432 g/mol. The Balaban J connectivity index is 0. The van der Waals surface area contributed by atoms with Gasteiger partial charge in [-0.25, -0.2) is 0 Å². The molecule has 0 bridgehead atoms. The fraction of sp³-hybridized carbons (Fsp3) is 0.667. The molecule has 0 aromatic heterocycles. The van der Waals surface area contributed by atoms with Crippen molar-refractivity contribution < 1.29 is 0 Å². The summed E-state index contributed by atoms with van der Waals surface area (Å²) in [5.74, 6) is 0. The molecule has 0 aliphatic carbocycles. The van der Waals surface area contributed by atoms with Gasteiger partial charge in [0.2, 0.25) is 0 Å². The average Bonchev–Trinajstić information content (AvgIpc) is 2.80. The van der Waals surface area contributed by atoms with Crippen LogP contribution in [0.3, 0.4) is 0 Å². The largest absolute Gasteiger partial charge is 0.0856 e. The van der Waals surface area contributed by atoms with Crippen LogP contribution < -0.4 is 0 Å². The fourth-order valence-corrected chi connectivity index (χ4v) is 3.84. The van der Waals surface area contributed by atoms with E-state index in [4.69, 9.17) is 0 Å². The van der Waals surface area contributed by atoms with E-state index in [0.29, 0.717) is 0 Å². The highest BCUT2D eigenvalue weighted by molar-refractivity contribution is 5.08. The quantitative estimate of drug-likeness (QED) is 0.131. The minimum Gasteiger partial charge on any atom is -0.0856 e. The van der Waals surface area contributed by atoms with Crippen LogP contribution in [-0.4, -0.2) is 0 Å². The molecule has 0 amide bonds. The zero-order valence-electron chi connectivity index (χ0n) is 26.4. The van der Waals surface area contributed by atoms with Crippen molar-refractivity contribution in [2.75, 3.05) is 0 Å². The van der Waals surface area contributed by atoms with E-state index < -0.39 is 0 Å². The van der Waals surface area contributed by atoms with Crippen molar-refractivity contribution in [3.8, 4) is 0 Å². The molecule has 0 aromatic rings. The molecule has 0 aliphatic heterocycles. The van der Waals surface area contributed by atoms with Gasteiger partial charge in [-0.1, -0.05) is 109 Å². The van der Waals surface area contributed by atoms with E-state index in [2.05, 4.69) is 106 Å². The van der Waals surface area contributed by atoms with Crippen molar-refractivity contribution in [1.29, 1.82) is 0 Å².